The number of hydrogen-bond acceptors (Lipinski definition) is 6. The molecule has 2 heterocycles. The quantitative estimate of drug-likeness (QED) is 0.854. The van der Waals surface area contributed by atoms with Gasteiger partial charge in [0, 0.05) is 19.1 Å². The maximum atomic E-state index is 11.1. The number of benzene rings is 1. The Morgan fingerprint density at radius 1 is 1.38 bits per heavy atom. The molecule has 1 saturated heterocycles. The van der Waals surface area contributed by atoms with E-state index in [0.717, 1.165) is 13.0 Å². The van der Waals surface area contributed by atoms with E-state index in [4.69, 9.17) is 10.00 Å². The fraction of sp³-hybridized carbons (Fsp3) is 0.526. The van der Waals surface area contributed by atoms with Crippen LogP contribution >= 0.6 is 0 Å². The first-order valence-electron chi connectivity index (χ1n) is 9.01. The lowest BCUT2D eigenvalue weighted by molar-refractivity contribution is -0.0413. The van der Waals surface area contributed by atoms with Crippen LogP contribution in [-0.2, 0) is 5.60 Å². The molecule has 1 N–H and O–H groups in total. The molecule has 138 valence electrons. The Morgan fingerprint density at radius 2 is 2.19 bits per heavy atom. The van der Waals surface area contributed by atoms with Crippen LogP contribution in [0.25, 0.3) is 0 Å². The molecule has 2 aromatic rings. The third-order valence-electron chi connectivity index (χ3n) is 4.74. The van der Waals surface area contributed by atoms with Gasteiger partial charge in [0.25, 0.3) is 0 Å². The maximum absolute atomic E-state index is 11.1. The minimum atomic E-state index is -0.976. The number of aromatic nitrogens is 3. The summed E-state index contributed by atoms with van der Waals surface area (Å²) >= 11 is 0. The van der Waals surface area contributed by atoms with Gasteiger partial charge in [-0.15, -0.1) is 5.10 Å². The molecule has 0 unspecified atom stereocenters. The Kier molecular flexibility index (Phi) is 5.55. The van der Waals surface area contributed by atoms with Crippen molar-refractivity contribution in [3.05, 3.63) is 41.7 Å². The number of β-amino-alcohol motifs (C(OH)–C–C–N with tert-alkyl or cyclic N) is 1. The first-order valence-corrected chi connectivity index (χ1v) is 9.01. The zero-order chi connectivity index (χ0) is 18.6. The molecule has 26 heavy (non-hydrogen) atoms. The van der Waals surface area contributed by atoms with Crippen LogP contribution in [0.5, 0.6) is 5.75 Å². The molecule has 0 aliphatic carbocycles. The fourth-order valence-electron chi connectivity index (χ4n) is 3.23. The van der Waals surface area contributed by atoms with E-state index >= 15 is 0 Å². The second-order valence-corrected chi connectivity index (χ2v) is 7.05. The van der Waals surface area contributed by atoms with Crippen molar-refractivity contribution in [3.8, 4) is 11.8 Å². The summed E-state index contributed by atoms with van der Waals surface area (Å²) in [5.41, 5.74) is 0.190. The van der Waals surface area contributed by atoms with Gasteiger partial charge in [0.2, 0.25) is 0 Å². The molecule has 1 aliphatic heterocycles. The zero-order valence-electron chi connectivity index (χ0n) is 15.3. The summed E-state index contributed by atoms with van der Waals surface area (Å²) in [7, 11) is 0. The van der Waals surface area contributed by atoms with E-state index in [2.05, 4.69) is 21.3 Å². The highest BCUT2D eigenvalue weighted by molar-refractivity contribution is 5.42. The van der Waals surface area contributed by atoms with Gasteiger partial charge in [-0.2, -0.15) is 5.26 Å². The number of likely N-dealkylation sites (tertiary alicyclic amines) is 1. The smallest absolute Gasteiger partial charge is 0.137 e. The summed E-state index contributed by atoms with van der Waals surface area (Å²) in [6, 6.07) is 9.57. The molecule has 7 nitrogen and oxygen atoms in total. The lowest BCUT2D eigenvalue weighted by Crippen LogP contribution is -2.47. The topological polar surface area (TPSA) is 87.2 Å². The lowest BCUT2D eigenvalue weighted by Gasteiger charge is -2.37. The number of piperidine rings is 1. The van der Waals surface area contributed by atoms with E-state index in [1.165, 1.54) is 0 Å². The Balaban J connectivity index is 1.59. The molecule has 1 fully saturated rings. The van der Waals surface area contributed by atoms with Crippen molar-refractivity contribution in [2.75, 3.05) is 26.2 Å². The van der Waals surface area contributed by atoms with Crippen molar-refractivity contribution in [1.82, 2.24) is 19.9 Å². The molecule has 7 heteroatoms. The third kappa shape index (κ3) is 4.03. The van der Waals surface area contributed by atoms with E-state index in [9.17, 15) is 5.11 Å². The van der Waals surface area contributed by atoms with E-state index < -0.39 is 5.60 Å². The molecule has 1 aromatic carbocycles. The van der Waals surface area contributed by atoms with Gasteiger partial charge in [-0.1, -0.05) is 17.3 Å². The molecular formula is C19H25N5O2. The monoisotopic (exact) mass is 355 g/mol. The average Bonchev–Trinajstić information content (AvgIpc) is 3.14. The number of aliphatic hydroxyl groups is 1. The van der Waals surface area contributed by atoms with Crippen molar-refractivity contribution < 1.29 is 9.84 Å². The SMILES string of the molecule is CC(C)n1cc([C@]2(O)CCCN(CCOc3ccccc3C#N)C2)nn1. The van der Waals surface area contributed by atoms with Crippen LogP contribution in [0.2, 0.25) is 0 Å². The lowest BCUT2D eigenvalue weighted by atomic mass is 9.90. The van der Waals surface area contributed by atoms with Gasteiger partial charge in [-0.3, -0.25) is 4.90 Å². The van der Waals surface area contributed by atoms with Crippen molar-refractivity contribution in [3.63, 3.8) is 0 Å². The molecule has 1 aliphatic rings. The molecule has 3 rings (SSSR count). The second-order valence-electron chi connectivity index (χ2n) is 7.05. The van der Waals surface area contributed by atoms with Crippen LogP contribution in [0.4, 0.5) is 0 Å². The number of para-hydroxylation sites is 1. The van der Waals surface area contributed by atoms with Gasteiger partial charge < -0.3 is 9.84 Å². The molecular weight excluding hydrogens is 330 g/mol. The number of ether oxygens (including phenoxy) is 1. The summed E-state index contributed by atoms with van der Waals surface area (Å²) in [5, 5.41) is 28.5. The Morgan fingerprint density at radius 3 is 2.92 bits per heavy atom. The van der Waals surface area contributed by atoms with Gasteiger partial charge >= 0.3 is 0 Å². The van der Waals surface area contributed by atoms with Crippen LogP contribution in [0.3, 0.4) is 0 Å². The minimum Gasteiger partial charge on any atom is -0.491 e. The summed E-state index contributed by atoms with van der Waals surface area (Å²) in [5.74, 6) is 0.599. The summed E-state index contributed by atoms with van der Waals surface area (Å²) in [6.07, 6.45) is 3.41. The first-order chi connectivity index (χ1) is 12.5. The molecule has 0 amide bonds. The highest BCUT2D eigenvalue weighted by Crippen LogP contribution is 2.30. The Bertz CT molecular complexity index is 782. The van der Waals surface area contributed by atoms with E-state index in [0.29, 0.717) is 43.1 Å². The van der Waals surface area contributed by atoms with Crippen LogP contribution in [0, 0.1) is 11.3 Å². The summed E-state index contributed by atoms with van der Waals surface area (Å²) in [4.78, 5) is 2.17. The van der Waals surface area contributed by atoms with Crippen LogP contribution < -0.4 is 4.74 Å². The highest BCUT2D eigenvalue weighted by atomic mass is 16.5. The first kappa shape index (κ1) is 18.4. The van der Waals surface area contributed by atoms with Gasteiger partial charge in [0.15, 0.2) is 0 Å². The maximum Gasteiger partial charge on any atom is 0.137 e. The van der Waals surface area contributed by atoms with Crippen molar-refractivity contribution in [2.45, 2.75) is 38.3 Å². The van der Waals surface area contributed by atoms with E-state index in [1.807, 2.05) is 32.2 Å². The molecule has 0 spiro atoms. The molecule has 1 atom stereocenters. The third-order valence-corrected chi connectivity index (χ3v) is 4.74. The number of rotatable bonds is 6. The average molecular weight is 355 g/mol. The number of hydrogen-bond donors (Lipinski definition) is 1. The molecule has 0 radical (unpaired) electrons. The van der Waals surface area contributed by atoms with Crippen LogP contribution in [0.1, 0.15) is 44.0 Å². The van der Waals surface area contributed by atoms with Crippen molar-refractivity contribution in [2.24, 2.45) is 0 Å². The Labute approximate surface area is 153 Å². The molecule has 0 bridgehead atoms. The summed E-state index contributed by atoms with van der Waals surface area (Å²) in [6.45, 7) is 6.63. The van der Waals surface area contributed by atoms with Gasteiger partial charge in [0.1, 0.15) is 29.7 Å². The van der Waals surface area contributed by atoms with Crippen LogP contribution in [-0.4, -0.2) is 51.2 Å². The zero-order valence-corrected chi connectivity index (χ0v) is 15.3. The van der Waals surface area contributed by atoms with Gasteiger partial charge in [-0.25, -0.2) is 4.68 Å². The fourth-order valence-corrected chi connectivity index (χ4v) is 3.23. The molecule has 0 saturated carbocycles. The highest BCUT2D eigenvalue weighted by Gasteiger charge is 2.37. The van der Waals surface area contributed by atoms with E-state index in [-0.39, 0.29) is 6.04 Å². The minimum absolute atomic E-state index is 0.216. The number of nitriles is 1. The largest absolute Gasteiger partial charge is 0.491 e. The van der Waals surface area contributed by atoms with Gasteiger partial charge in [-0.05, 0) is 45.4 Å². The second kappa shape index (κ2) is 7.85. The van der Waals surface area contributed by atoms with Gasteiger partial charge in [0.05, 0.1) is 11.8 Å². The normalized spacial score (nSPS) is 20.9. The van der Waals surface area contributed by atoms with Crippen molar-refractivity contribution >= 4 is 0 Å². The summed E-state index contributed by atoms with van der Waals surface area (Å²) < 4.78 is 7.53. The Hall–Kier alpha value is -2.43. The standard InChI is InChI=1S/C19H25N5O2/c1-15(2)24-13-18(21-22-24)19(25)8-5-9-23(14-19)10-11-26-17-7-4-3-6-16(17)12-20/h3-4,6-7,13,15,25H,5,8-11,14H2,1-2H3/t19-/m0/s1. The predicted octanol–water partition coefficient (Wildman–Crippen LogP) is 2.09. The van der Waals surface area contributed by atoms with Crippen LogP contribution in [0.15, 0.2) is 30.5 Å². The molecule has 1 aromatic heterocycles. The van der Waals surface area contributed by atoms with E-state index in [1.54, 1.807) is 16.8 Å². The predicted molar refractivity (Wildman–Crippen MR) is 96.6 cm³/mol. The van der Waals surface area contributed by atoms with Crippen molar-refractivity contribution in [1.29, 1.82) is 5.26 Å². The number of nitrogens with zero attached hydrogens (tertiary/aromatic N) is 5.